The van der Waals surface area contributed by atoms with Gasteiger partial charge in [0, 0.05) is 34.6 Å². The van der Waals surface area contributed by atoms with Gasteiger partial charge in [-0.15, -0.1) is 0 Å². The van der Waals surface area contributed by atoms with Gasteiger partial charge in [-0.1, -0.05) is 6.92 Å². The lowest BCUT2D eigenvalue weighted by molar-refractivity contribution is -0.136. The highest BCUT2D eigenvalue weighted by Crippen LogP contribution is 2.24. The van der Waals surface area contributed by atoms with Crippen LogP contribution >= 0.6 is 0 Å². The number of benzene rings is 1. The first-order valence-electron chi connectivity index (χ1n) is 7.04. The molecule has 24 heavy (non-hydrogen) atoms. The van der Waals surface area contributed by atoms with Crippen molar-refractivity contribution in [2.24, 2.45) is 0 Å². The van der Waals surface area contributed by atoms with Crippen LogP contribution in [-0.4, -0.2) is 35.7 Å². The van der Waals surface area contributed by atoms with Crippen molar-refractivity contribution < 1.29 is 18.3 Å². The van der Waals surface area contributed by atoms with E-state index in [1.807, 2.05) is 0 Å². The molecule has 0 radical (unpaired) electrons. The molecule has 3 rings (SSSR count). The van der Waals surface area contributed by atoms with E-state index in [4.69, 9.17) is 5.11 Å². The Morgan fingerprint density at radius 3 is 2.50 bits per heavy atom. The zero-order valence-electron chi connectivity index (χ0n) is 13.1. The molecule has 0 unspecified atom stereocenters. The fourth-order valence-corrected chi connectivity index (χ4v) is 2.68. The first kappa shape index (κ1) is 17.5. The van der Waals surface area contributed by atoms with Crippen LogP contribution in [-0.2, 0) is 14.8 Å². The quantitative estimate of drug-likeness (QED) is 0.572. The zero-order valence-corrected chi connectivity index (χ0v) is 13.9. The molecule has 0 fully saturated rings. The van der Waals surface area contributed by atoms with E-state index in [1.54, 1.807) is 37.4 Å². The normalized spacial score (nSPS) is 11.1. The number of sulfonamides is 1. The van der Waals surface area contributed by atoms with E-state index < -0.39 is 16.0 Å². The van der Waals surface area contributed by atoms with Crippen LogP contribution in [0, 0.1) is 0 Å². The van der Waals surface area contributed by atoms with Crippen molar-refractivity contribution >= 4 is 43.5 Å². The summed E-state index contributed by atoms with van der Waals surface area (Å²) in [4.78, 5) is 26.7. The van der Waals surface area contributed by atoms with E-state index in [0.717, 1.165) is 17.0 Å². The van der Waals surface area contributed by atoms with Crippen LogP contribution < -0.4 is 10.3 Å². The second-order valence-corrected chi connectivity index (χ2v) is 6.85. The van der Waals surface area contributed by atoms with Crippen molar-refractivity contribution in [3.8, 4) is 0 Å². The molecule has 1 aromatic carbocycles. The SMILES string of the molecule is CCC(=O)O.CS(=O)(=O)Nc1ccc2[nH]c(=O)c3[nH]ccc3c2c1. The van der Waals surface area contributed by atoms with Crippen LogP contribution in [0.4, 0.5) is 5.69 Å². The average molecular weight is 351 g/mol. The molecule has 8 nitrogen and oxygen atoms in total. The van der Waals surface area contributed by atoms with E-state index in [-0.39, 0.29) is 12.0 Å². The molecule has 2 heterocycles. The highest BCUT2D eigenvalue weighted by atomic mass is 32.2. The van der Waals surface area contributed by atoms with Gasteiger partial charge in [0.05, 0.1) is 6.26 Å². The van der Waals surface area contributed by atoms with Crippen molar-refractivity contribution in [3.05, 3.63) is 40.8 Å². The largest absolute Gasteiger partial charge is 0.481 e. The Labute approximate surface area is 137 Å². The summed E-state index contributed by atoms with van der Waals surface area (Å²) in [5.41, 5.74) is 1.40. The van der Waals surface area contributed by atoms with Crippen molar-refractivity contribution in [1.82, 2.24) is 9.97 Å². The van der Waals surface area contributed by atoms with Crippen LogP contribution in [0.3, 0.4) is 0 Å². The fraction of sp³-hybridized carbons (Fsp3) is 0.200. The summed E-state index contributed by atoms with van der Waals surface area (Å²) >= 11 is 0. The van der Waals surface area contributed by atoms with E-state index in [1.165, 1.54) is 0 Å². The van der Waals surface area contributed by atoms with Gasteiger partial charge in [0.2, 0.25) is 10.0 Å². The Kier molecular flexibility index (Phi) is 4.93. The highest BCUT2D eigenvalue weighted by Gasteiger charge is 2.08. The number of aromatic nitrogens is 2. The Morgan fingerprint density at radius 1 is 1.25 bits per heavy atom. The molecular weight excluding hydrogens is 334 g/mol. The second-order valence-electron chi connectivity index (χ2n) is 5.10. The molecule has 0 atom stereocenters. The maximum Gasteiger partial charge on any atom is 0.303 e. The third kappa shape index (κ3) is 4.13. The number of hydrogen-bond acceptors (Lipinski definition) is 4. The molecule has 0 aliphatic heterocycles. The monoisotopic (exact) mass is 351 g/mol. The van der Waals surface area contributed by atoms with Crippen molar-refractivity contribution in [2.75, 3.05) is 11.0 Å². The molecule has 0 amide bonds. The number of carboxylic acids is 1. The maximum atomic E-state index is 11.8. The van der Waals surface area contributed by atoms with Crippen LogP contribution in [0.1, 0.15) is 13.3 Å². The van der Waals surface area contributed by atoms with Gasteiger partial charge in [0.1, 0.15) is 5.52 Å². The van der Waals surface area contributed by atoms with Gasteiger partial charge in [-0.25, -0.2) is 8.42 Å². The van der Waals surface area contributed by atoms with Gasteiger partial charge >= 0.3 is 5.97 Å². The van der Waals surface area contributed by atoms with Crippen molar-refractivity contribution in [3.63, 3.8) is 0 Å². The minimum atomic E-state index is -3.32. The number of carbonyl (C=O) groups is 1. The van der Waals surface area contributed by atoms with Crippen LogP contribution in [0.5, 0.6) is 0 Å². The second kappa shape index (κ2) is 6.75. The zero-order chi connectivity index (χ0) is 17.9. The van der Waals surface area contributed by atoms with Crippen LogP contribution in [0.15, 0.2) is 35.3 Å². The number of anilines is 1. The molecule has 3 aromatic rings. The first-order valence-corrected chi connectivity index (χ1v) is 8.93. The van der Waals surface area contributed by atoms with Crippen molar-refractivity contribution in [1.29, 1.82) is 0 Å². The summed E-state index contributed by atoms with van der Waals surface area (Å²) in [6.45, 7) is 1.60. The minimum absolute atomic E-state index is 0.198. The summed E-state index contributed by atoms with van der Waals surface area (Å²) < 4.78 is 24.9. The van der Waals surface area contributed by atoms with E-state index >= 15 is 0 Å². The molecular formula is C15H17N3O5S. The summed E-state index contributed by atoms with van der Waals surface area (Å²) in [5.74, 6) is -0.745. The molecule has 0 aliphatic rings. The third-order valence-corrected chi connectivity index (χ3v) is 3.74. The number of rotatable bonds is 3. The van der Waals surface area contributed by atoms with Gasteiger partial charge in [-0.05, 0) is 24.3 Å². The predicted octanol–water partition coefficient (Wildman–Crippen LogP) is 1.86. The maximum absolute atomic E-state index is 11.8. The minimum Gasteiger partial charge on any atom is -0.481 e. The number of pyridine rings is 1. The third-order valence-electron chi connectivity index (χ3n) is 3.14. The van der Waals surface area contributed by atoms with E-state index in [0.29, 0.717) is 16.7 Å². The Hall–Kier alpha value is -2.81. The van der Waals surface area contributed by atoms with Gasteiger partial charge in [0.25, 0.3) is 5.56 Å². The number of hydrogen-bond donors (Lipinski definition) is 4. The Bertz CT molecular complexity index is 1050. The molecule has 0 aliphatic carbocycles. The van der Waals surface area contributed by atoms with Crippen LogP contribution in [0.2, 0.25) is 0 Å². The number of fused-ring (bicyclic) bond motifs is 3. The number of aliphatic carboxylic acids is 1. The number of aromatic amines is 2. The molecule has 4 N–H and O–H groups in total. The standard InChI is InChI=1S/C12H11N3O3S.C3H6O2/c1-19(17,18)15-7-2-3-10-9(6-7)8-4-5-13-11(8)12(16)14-10;1-2-3(4)5/h2-6,13,15H,1H3,(H,14,16);2H2,1H3,(H,4,5). The molecule has 0 saturated carbocycles. The highest BCUT2D eigenvalue weighted by molar-refractivity contribution is 7.92. The topological polar surface area (TPSA) is 132 Å². The molecule has 2 aromatic heterocycles. The lowest BCUT2D eigenvalue weighted by atomic mass is 10.1. The van der Waals surface area contributed by atoms with Crippen molar-refractivity contribution in [2.45, 2.75) is 13.3 Å². The summed E-state index contributed by atoms with van der Waals surface area (Å²) in [5, 5.41) is 9.26. The molecule has 0 bridgehead atoms. The predicted molar refractivity (Wildman–Crippen MR) is 92.8 cm³/mol. The summed E-state index contributed by atoms with van der Waals surface area (Å²) in [6, 6.07) is 6.77. The average Bonchev–Trinajstić information content (AvgIpc) is 2.97. The molecule has 128 valence electrons. The Morgan fingerprint density at radius 2 is 1.92 bits per heavy atom. The summed E-state index contributed by atoms with van der Waals surface area (Å²) in [7, 11) is -3.32. The number of nitrogens with one attached hydrogen (secondary N) is 3. The molecule has 0 saturated heterocycles. The summed E-state index contributed by atoms with van der Waals surface area (Å²) in [6.07, 6.45) is 2.99. The molecule has 9 heteroatoms. The number of H-pyrrole nitrogens is 2. The van der Waals surface area contributed by atoms with E-state index in [9.17, 15) is 18.0 Å². The smallest absolute Gasteiger partial charge is 0.303 e. The fourth-order valence-electron chi connectivity index (χ4n) is 2.12. The number of carboxylic acid groups (broad SMARTS) is 1. The van der Waals surface area contributed by atoms with Gasteiger partial charge in [0.15, 0.2) is 0 Å². The van der Waals surface area contributed by atoms with Gasteiger partial charge in [-0.3, -0.25) is 14.3 Å². The van der Waals surface area contributed by atoms with Gasteiger partial charge in [-0.2, -0.15) is 0 Å². The van der Waals surface area contributed by atoms with Crippen LogP contribution in [0.25, 0.3) is 21.8 Å². The molecule has 0 spiro atoms. The van der Waals surface area contributed by atoms with Gasteiger partial charge < -0.3 is 15.1 Å². The lowest BCUT2D eigenvalue weighted by Gasteiger charge is -2.06. The van der Waals surface area contributed by atoms with E-state index in [2.05, 4.69) is 14.7 Å². The Balaban J connectivity index is 0.000000368. The first-order chi connectivity index (χ1) is 11.2. The lowest BCUT2D eigenvalue weighted by Crippen LogP contribution is -2.10.